The van der Waals surface area contributed by atoms with Crippen LogP contribution < -0.4 is 0 Å². The van der Waals surface area contributed by atoms with Crippen LogP contribution in [0.5, 0.6) is 0 Å². The average molecular weight is 796 g/mol. The number of carbonyl (C=O) groups excluding carboxylic acids is 4. The SMILES string of the molecule is CCCCCCC(CCCCCC)N1C(=O)c2ccc3c4ccc5c6c(ccc(c7ccc(c2c37)C1=O)c64)C(=O)N(Cc1ccc(-c2ccc(/C=[N+](\C)[O-])cc2)cc1)C5=O. The van der Waals surface area contributed by atoms with Crippen molar-refractivity contribution in [3.63, 3.8) is 0 Å². The van der Waals surface area contributed by atoms with Gasteiger partial charge in [-0.3, -0.25) is 29.0 Å². The standard InChI is InChI=1S/C52H49N3O5/c1-4-6-8-10-12-36(13-11-9-7-5-2)55-51(58)43-28-24-39-37-22-26-41-47-42(27-23-38(45(37)47)40-25-29-44(52(55)59)48(43)46(39)40)50(57)54(49(41)56)31-33-16-20-35(21-17-33)34-18-14-32(15-19-34)30-53(3)60/h14-30,36H,4-13,31H2,1-3H3/b53-30+. The van der Waals surface area contributed by atoms with Gasteiger partial charge in [-0.15, -0.1) is 0 Å². The zero-order chi connectivity index (χ0) is 41.7. The Morgan fingerprint density at radius 2 is 0.933 bits per heavy atom. The predicted molar refractivity (Wildman–Crippen MR) is 240 cm³/mol. The van der Waals surface area contributed by atoms with Crippen LogP contribution in [0.2, 0.25) is 0 Å². The van der Waals surface area contributed by atoms with E-state index in [1.807, 2.05) is 97.1 Å². The van der Waals surface area contributed by atoms with Crippen LogP contribution in [0.25, 0.3) is 54.2 Å². The summed E-state index contributed by atoms with van der Waals surface area (Å²) in [6.07, 6.45) is 11.9. The molecule has 7 aromatic carbocycles. The third kappa shape index (κ3) is 6.59. The number of benzene rings is 7. The van der Waals surface area contributed by atoms with Crippen molar-refractivity contribution in [3.05, 3.63) is 136 Å². The minimum atomic E-state index is -0.346. The summed E-state index contributed by atoms with van der Waals surface area (Å²) in [5.74, 6) is -1.12. The molecule has 7 aromatic rings. The summed E-state index contributed by atoms with van der Waals surface area (Å²) in [4.78, 5) is 60.4. The Bertz CT molecular complexity index is 2740. The number of carbonyl (C=O) groups is 4. The third-order valence-electron chi connectivity index (χ3n) is 12.8. The van der Waals surface area contributed by atoms with Gasteiger partial charge in [0, 0.05) is 44.6 Å². The summed E-state index contributed by atoms with van der Waals surface area (Å²) in [6.45, 7) is 4.50. The molecule has 0 unspecified atom stereocenters. The van der Waals surface area contributed by atoms with E-state index in [-0.39, 0.29) is 36.2 Å². The van der Waals surface area contributed by atoms with Gasteiger partial charge in [0.05, 0.1) is 6.54 Å². The van der Waals surface area contributed by atoms with Gasteiger partial charge in [-0.05, 0) is 98.2 Å². The maximum atomic E-state index is 14.5. The highest BCUT2D eigenvalue weighted by atomic mass is 16.5. The highest BCUT2D eigenvalue weighted by Crippen LogP contribution is 2.47. The Balaban J connectivity index is 1.06. The van der Waals surface area contributed by atoms with Crippen LogP contribution in [-0.2, 0) is 6.54 Å². The molecule has 8 heteroatoms. The summed E-state index contributed by atoms with van der Waals surface area (Å²) in [5.41, 5.74) is 5.66. The minimum absolute atomic E-state index is 0.122. The first kappa shape index (κ1) is 39.1. The first-order valence-electron chi connectivity index (χ1n) is 21.6. The third-order valence-corrected chi connectivity index (χ3v) is 12.8. The molecule has 2 aliphatic heterocycles. The zero-order valence-electron chi connectivity index (χ0n) is 34.6. The van der Waals surface area contributed by atoms with Crippen LogP contribution in [0.15, 0.2) is 97.1 Å². The van der Waals surface area contributed by atoms with Crippen LogP contribution in [0, 0.1) is 5.21 Å². The van der Waals surface area contributed by atoms with Gasteiger partial charge in [-0.2, -0.15) is 0 Å². The molecule has 0 aliphatic carbocycles. The smallest absolute Gasteiger partial charge is 0.261 e. The summed E-state index contributed by atoms with van der Waals surface area (Å²) < 4.78 is 0.768. The molecule has 0 bridgehead atoms. The molecule has 0 saturated heterocycles. The lowest BCUT2D eigenvalue weighted by atomic mass is 9.82. The van der Waals surface area contributed by atoms with Gasteiger partial charge < -0.3 is 5.21 Å². The topological polar surface area (TPSA) is 101 Å². The molecular formula is C52H49N3O5. The quantitative estimate of drug-likeness (QED) is 0.0150. The van der Waals surface area contributed by atoms with E-state index in [0.29, 0.717) is 33.0 Å². The van der Waals surface area contributed by atoms with Crippen molar-refractivity contribution in [1.29, 1.82) is 0 Å². The summed E-state index contributed by atoms with van der Waals surface area (Å²) in [5, 5.41) is 18.0. The molecule has 0 spiro atoms. The lowest BCUT2D eigenvalue weighted by Gasteiger charge is -2.35. The minimum Gasteiger partial charge on any atom is -0.624 e. The second-order valence-corrected chi connectivity index (χ2v) is 16.7. The molecular weight excluding hydrogens is 747 g/mol. The van der Waals surface area contributed by atoms with Crippen molar-refractivity contribution in [3.8, 4) is 11.1 Å². The largest absolute Gasteiger partial charge is 0.624 e. The molecule has 4 amide bonds. The fraction of sp³-hybridized carbons (Fsp3) is 0.288. The molecule has 60 heavy (non-hydrogen) atoms. The van der Waals surface area contributed by atoms with Crippen molar-refractivity contribution < 1.29 is 23.9 Å². The van der Waals surface area contributed by atoms with Crippen LogP contribution >= 0.6 is 0 Å². The van der Waals surface area contributed by atoms with E-state index in [1.165, 1.54) is 18.2 Å². The maximum absolute atomic E-state index is 14.5. The zero-order valence-corrected chi connectivity index (χ0v) is 34.6. The van der Waals surface area contributed by atoms with Gasteiger partial charge in [0.2, 0.25) is 0 Å². The maximum Gasteiger partial charge on any atom is 0.261 e. The lowest BCUT2D eigenvalue weighted by Crippen LogP contribution is -2.47. The Morgan fingerprint density at radius 1 is 0.517 bits per heavy atom. The fourth-order valence-corrected chi connectivity index (χ4v) is 9.78. The van der Waals surface area contributed by atoms with Crippen molar-refractivity contribution in [1.82, 2.24) is 9.80 Å². The van der Waals surface area contributed by atoms with Gasteiger partial charge in [0.25, 0.3) is 23.6 Å². The van der Waals surface area contributed by atoms with Crippen molar-refractivity contribution in [2.75, 3.05) is 7.05 Å². The van der Waals surface area contributed by atoms with Gasteiger partial charge in [-0.1, -0.05) is 126 Å². The van der Waals surface area contributed by atoms with Crippen LogP contribution in [0.1, 0.15) is 131 Å². The van der Waals surface area contributed by atoms with Gasteiger partial charge in [0.15, 0.2) is 6.21 Å². The number of hydrogen-bond donors (Lipinski definition) is 0. The van der Waals surface area contributed by atoms with E-state index in [1.54, 1.807) is 4.90 Å². The van der Waals surface area contributed by atoms with E-state index in [4.69, 9.17) is 0 Å². The molecule has 2 heterocycles. The highest BCUT2D eigenvalue weighted by molar-refractivity contribution is 6.41. The predicted octanol–water partition coefficient (Wildman–Crippen LogP) is 11.7. The van der Waals surface area contributed by atoms with Gasteiger partial charge >= 0.3 is 0 Å². The van der Waals surface area contributed by atoms with E-state index in [2.05, 4.69) is 13.8 Å². The first-order chi connectivity index (χ1) is 29.2. The Hall–Kier alpha value is -6.41. The molecule has 302 valence electrons. The molecule has 0 atom stereocenters. The van der Waals surface area contributed by atoms with Crippen molar-refractivity contribution in [2.24, 2.45) is 0 Å². The molecule has 8 nitrogen and oxygen atoms in total. The number of fused-ring (bicyclic) bond motifs is 2. The Morgan fingerprint density at radius 3 is 1.35 bits per heavy atom. The van der Waals surface area contributed by atoms with E-state index in [9.17, 15) is 24.4 Å². The van der Waals surface area contributed by atoms with Crippen LogP contribution in [-0.4, -0.2) is 57.5 Å². The Kier molecular flexibility index (Phi) is 10.4. The molecule has 0 fully saturated rings. The summed E-state index contributed by atoms with van der Waals surface area (Å²) >= 11 is 0. The van der Waals surface area contributed by atoms with Gasteiger partial charge in [0.1, 0.15) is 7.05 Å². The van der Waals surface area contributed by atoms with Gasteiger partial charge in [-0.25, -0.2) is 4.74 Å². The fourth-order valence-electron chi connectivity index (χ4n) is 9.78. The molecule has 0 aromatic heterocycles. The first-order valence-corrected chi connectivity index (χ1v) is 21.6. The van der Waals surface area contributed by atoms with E-state index in [0.717, 1.165) is 124 Å². The number of rotatable bonds is 15. The molecule has 0 saturated carbocycles. The number of nitrogens with zero attached hydrogens (tertiary/aromatic N) is 3. The normalized spacial score (nSPS) is 14.4. The molecule has 2 aliphatic rings. The average Bonchev–Trinajstić information content (AvgIpc) is 3.26. The van der Waals surface area contributed by atoms with E-state index >= 15 is 0 Å². The monoisotopic (exact) mass is 795 g/mol. The van der Waals surface area contributed by atoms with Crippen molar-refractivity contribution in [2.45, 2.75) is 90.6 Å². The lowest BCUT2D eigenvalue weighted by molar-refractivity contribution is -0.416. The Labute approximate surface area is 350 Å². The second kappa shape index (κ2) is 16.0. The summed E-state index contributed by atoms with van der Waals surface area (Å²) in [7, 11) is 1.45. The van der Waals surface area contributed by atoms with E-state index < -0.39 is 0 Å². The number of amides is 4. The number of hydroxylamine groups is 1. The van der Waals surface area contributed by atoms with Crippen LogP contribution in [0.4, 0.5) is 0 Å². The number of hydrogen-bond acceptors (Lipinski definition) is 5. The highest BCUT2D eigenvalue weighted by Gasteiger charge is 2.39. The van der Waals surface area contributed by atoms with Crippen LogP contribution in [0.3, 0.4) is 0 Å². The molecule has 9 rings (SSSR count). The number of unbranched alkanes of at least 4 members (excludes halogenated alkanes) is 6. The van der Waals surface area contributed by atoms with Crippen molar-refractivity contribution >= 4 is 72.9 Å². The molecule has 0 radical (unpaired) electrons. The molecule has 0 N–H and O–H groups in total. The summed E-state index contributed by atoms with van der Waals surface area (Å²) in [6, 6.07) is 30.6. The number of imide groups is 2. The second-order valence-electron chi connectivity index (χ2n) is 16.7.